The van der Waals surface area contributed by atoms with Gasteiger partial charge in [0.15, 0.2) is 0 Å². The van der Waals surface area contributed by atoms with Crippen molar-refractivity contribution in [3.63, 3.8) is 0 Å². The lowest BCUT2D eigenvalue weighted by atomic mass is 9.85. The minimum absolute atomic E-state index is 0.0898. The van der Waals surface area contributed by atoms with Gasteiger partial charge in [-0.1, -0.05) is 12.8 Å². The molecule has 3 heteroatoms. The molecule has 3 rings (SSSR count). The second-order valence-electron chi connectivity index (χ2n) is 7.01. The van der Waals surface area contributed by atoms with E-state index < -0.39 is 0 Å². The van der Waals surface area contributed by atoms with Gasteiger partial charge in [-0.25, -0.2) is 0 Å². The standard InChI is InChI=1S/C15H28N2O/c1-15(11-18,16-13-6-7-13)10-17-9-8-12-4-2-3-5-14(12)17/h12-14,16,18H,2-11H2,1H3. The van der Waals surface area contributed by atoms with Crippen LogP contribution in [0.4, 0.5) is 0 Å². The van der Waals surface area contributed by atoms with Gasteiger partial charge in [-0.15, -0.1) is 0 Å². The number of nitrogens with zero attached hydrogens (tertiary/aromatic N) is 1. The van der Waals surface area contributed by atoms with Crippen molar-refractivity contribution in [2.75, 3.05) is 19.7 Å². The molecule has 0 bridgehead atoms. The molecule has 3 unspecified atom stereocenters. The summed E-state index contributed by atoms with van der Waals surface area (Å²) in [6.45, 7) is 4.73. The van der Waals surface area contributed by atoms with Gasteiger partial charge in [0.1, 0.15) is 0 Å². The fourth-order valence-electron chi connectivity index (χ4n) is 4.01. The maximum atomic E-state index is 9.73. The van der Waals surface area contributed by atoms with E-state index in [0.29, 0.717) is 6.04 Å². The highest BCUT2D eigenvalue weighted by molar-refractivity contribution is 4.98. The first-order valence-electron chi connectivity index (χ1n) is 7.83. The monoisotopic (exact) mass is 252 g/mol. The molecule has 3 fully saturated rings. The fourth-order valence-corrected chi connectivity index (χ4v) is 4.01. The van der Waals surface area contributed by atoms with Gasteiger partial charge >= 0.3 is 0 Å². The van der Waals surface area contributed by atoms with Crippen molar-refractivity contribution >= 4 is 0 Å². The van der Waals surface area contributed by atoms with Gasteiger partial charge < -0.3 is 10.4 Å². The molecule has 3 nitrogen and oxygen atoms in total. The summed E-state index contributed by atoms with van der Waals surface area (Å²) in [6.07, 6.45) is 9.64. The smallest absolute Gasteiger partial charge is 0.0623 e. The molecule has 0 amide bonds. The zero-order valence-electron chi connectivity index (χ0n) is 11.7. The Kier molecular flexibility index (Phi) is 3.65. The molecule has 1 aliphatic heterocycles. The Hall–Kier alpha value is -0.120. The molecule has 18 heavy (non-hydrogen) atoms. The highest BCUT2D eigenvalue weighted by Gasteiger charge is 2.40. The van der Waals surface area contributed by atoms with Gasteiger partial charge in [0.25, 0.3) is 0 Å². The number of nitrogens with one attached hydrogen (secondary N) is 1. The number of hydrogen-bond donors (Lipinski definition) is 2. The topological polar surface area (TPSA) is 35.5 Å². The molecular formula is C15H28N2O. The van der Waals surface area contributed by atoms with Crippen molar-refractivity contribution in [3.05, 3.63) is 0 Å². The molecule has 0 aromatic carbocycles. The van der Waals surface area contributed by atoms with Crippen LogP contribution in [0.3, 0.4) is 0 Å². The number of aliphatic hydroxyl groups excluding tert-OH is 1. The summed E-state index contributed by atoms with van der Waals surface area (Å²) in [6, 6.07) is 1.48. The van der Waals surface area contributed by atoms with Crippen molar-refractivity contribution in [2.45, 2.75) is 69.5 Å². The fraction of sp³-hybridized carbons (Fsp3) is 1.00. The Bertz CT molecular complexity index is 292. The molecule has 3 aliphatic rings. The molecule has 1 heterocycles. The van der Waals surface area contributed by atoms with Crippen LogP contribution < -0.4 is 5.32 Å². The van der Waals surface area contributed by atoms with E-state index in [1.165, 1.54) is 51.5 Å². The Labute approximate surface area is 111 Å². The molecule has 2 aliphatic carbocycles. The Morgan fingerprint density at radius 2 is 1.94 bits per heavy atom. The van der Waals surface area contributed by atoms with Crippen molar-refractivity contribution in [1.82, 2.24) is 10.2 Å². The van der Waals surface area contributed by atoms with Crippen molar-refractivity contribution in [1.29, 1.82) is 0 Å². The third kappa shape index (κ3) is 2.73. The molecule has 0 aromatic rings. The molecule has 104 valence electrons. The van der Waals surface area contributed by atoms with E-state index >= 15 is 0 Å². The van der Waals surface area contributed by atoms with E-state index in [1.54, 1.807) is 0 Å². The Morgan fingerprint density at radius 3 is 2.67 bits per heavy atom. The molecule has 0 spiro atoms. The first-order chi connectivity index (χ1) is 8.70. The van der Waals surface area contributed by atoms with E-state index in [2.05, 4.69) is 17.1 Å². The van der Waals surface area contributed by atoms with E-state index in [-0.39, 0.29) is 12.1 Å². The summed E-state index contributed by atoms with van der Waals surface area (Å²) in [5.74, 6) is 0.947. The van der Waals surface area contributed by atoms with Crippen LogP contribution >= 0.6 is 0 Å². The predicted octanol–water partition coefficient (Wildman–Crippen LogP) is 1.75. The van der Waals surface area contributed by atoms with Crippen LogP contribution in [0, 0.1) is 5.92 Å². The number of fused-ring (bicyclic) bond motifs is 1. The van der Waals surface area contributed by atoms with Crippen LogP contribution in [-0.4, -0.2) is 47.3 Å². The average Bonchev–Trinajstić information content (AvgIpc) is 3.10. The normalized spacial score (nSPS) is 36.3. The Morgan fingerprint density at radius 1 is 1.17 bits per heavy atom. The third-order valence-corrected chi connectivity index (χ3v) is 5.16. The van der Waals surface area contributed by atoms with Gasteiger partial charge in [-0.05, 0) is 51.5 Å². The van der Waals surface area contributed by atoms with E-state index in [4.69, 9.17) is 0 Å². The van der Waals surface area contributed by atoms with Crippen LogP contribution in [0.1, 0.15) is 51.9 Å². The quantitative estimate of drug-likeness (QED) is 0.782. The number of aliphatic hydroxyl groups is 1. The van der Waals surface area contributed by atoms with E-state index in [9.17, 15) is 5.11 Å². The van der Waals surface area contributed by atoms with E-state index in [1.807, 2.05) is 0 Å². The van der Waals surface area contributed by atoms with Crippen LogP contribution in [0.2, 0.25) is 0 Å². The predicted molar refractivity (Wildman–Crippen MR) is 73.6 cm³/mol. The van der Waals surface area contributed by atoms with Gasteiger partial charge in [0.2, 0.25) is 0 Å². The molecular weight excluding hydrogens is 224 g/mol. The van der Waals surface area contributed by atoms with Crippen LogP contribution in [0.15, 0.2) is 0 Å². The SMILES string of the molecule is CC(CO)(CN1CCC2CCCCC21)NC1CC1. The number of rotatable bonds is 5. The summed E-state index contributed by atoms with van der Waals surface area (Å²) in [5.41, 5.74) is -0.0898. The Balaban J connectivity index is 1.60. The van der Waals surface area contributed by atoms with Gasteiger partial charge in [-0.3, -0.25) is 4.90 Å². The highest BCUT2D eigenvalue weighted by atomic mass is 16.3. The summed E-state index contributed by atoms with van der Waals surface area (Å²) in [7, 11) is 0. The maximum absolute atomic E-state index is 9.73. The van der Waals surface area contributed by atoms with Crippen molar-refractivity contribution in [3.8, 4) is 0 Å². The van der Waals surface area contributed by atoms with Gasteiger partial charge in [-0.2, -0.15) is 0 Å². The molecule has 0 aromatic heterocycles. The van der Waals surface area contributed by atoms with Crippen LogP contribution in [0.25, 0.3) is 0 Å². The van der Waals surface area contributed by atoms with Crippen LogP contribution in [0.5, 0.6) is 0 Å². The highest BCUT2D eigenvalue weighted by Crippen LogP contribution is 2.37. The largest absolute Gasteiger partial charge is 0.394 e. The van der Waals surface area contributed by atoms with Gasteiger partial charge in [0.05, 0.1) is 12.1 Å². The molecule has 3 atom stereocenters. The molecule has 2 saturated carbocycles. The number of likely N-dealkylation sites (tertiary alicyclic amines) is 1. The summed E-state index contributed by atoms with van der Waals surface area (Å²) in [4.78, 5) is 2.66. The van der Waals surface area contributed by atoms with Gasteiger partial charge in [0, 0.05) is 18.6 Å². The minimum atomic E-state index is -0.0898. The summed E-state index contributed by atoms with van der Waals surface area (Å²) < 4.78 is 0. The average molecular weight is 252 g/mol. The van der Waals surface area contributed by atoms with E-state index in [0.717, 1.165) is 18.5 Å². The second kappa shape index (κ2) is 5.10. The first-order valence-corrected chi connectivity index (χ1v) is 7.83. The lowest BCUT2D eigenvalue weighted by molar-refractivity contribution is 0.0951. The molecule has 0 radical (unpaired) electrons. The summed E-state index contributed by atoms with van der Waals surface area (Å²) in [5, 5.41) is 13.4. The number of hydrogen-bond acceptors (Lipinski definition) is 3. The lowest BCUT2D eigenvalue weighted by Gasteiger charge is -2.38. The second-order valence-corrected chi connectivity index (χ2v) is 7.01. The minimum Gasteiger partial charge on any atom is -0.394 e. The summed E-state index contributed by atoms with van der Waals surface area (Å²) >= 11 is 0. The zero-order chi connectivity index (χ0) is 12.6. The third-order valence-electron chi connectivity index (χ3n) is 5.16. The van der Waals surface area contributed by atoms with Crippen LogP contribution in [-0.2, 0) is 0 Å². The molecule has 2 N–H and O–H groups in total. The van der Waals surface area contributed by atoms with Crippen molar-refractivity contribution < 1.29 is 5.11 Å². The van der Waals surface area contributed by atoms with Crippen molar-refractivity contribution in [2.24, 2.45) is 5.92 Å². The lowest BCUT2D eigenvalue weighted by Crippen LogP contribution is -2.56. The maximum Gasteiger partial charge on any atom is 0.0623 e. The molecule has 1 saturated heterocycles. The first kappa shape index (κ1) is 12.9. The zero-order valence-corrected chi connectivity index (χ0v) is 11.7.